The summed E-state index contributed by atoms with van der Waals surface area (Å²) in [6.45, 7) is 4.24. The van der Waals surface area contributed by atoms with Crippen molar-refractivity contribution < 1.29 is 15.0 Å². The van der Waals surface area contributed by atoms with Crippen molar-refractivity contribution in [3.63, 3.8) is 0 Å². The Morgan fingerprint density at radius 3 is 0.786 bits per heavy atom. The van der Waals surface area contributed by atoms with Gasteiger partial charge in [-0.15, -0.1) is 0 Å². The molecule has 0 spiro atoms. The largest absolute Gasteiger partial charge is 0.394 e. The second-order valence-corrected chi connectivity index (χ2v) is 26.0. The molecule has 492 valence electrons. The Kier molecular flexibility index (Phi) is 73.1. The predicted octanol–water partition coefficient (Wildman–Crippen LogP) is 26.4. The summed E-state index contributed by atoms with van der Waals surface area (Å²) in [5.74, 6) is -0.0559. The summed E-state index contributed by atoms with van der Waals surface area (Å²) in [5.41, 5.74) is 0. The lowest BCUT2D eigenvalue weighted by atomic mass is 10.0. The van der Waals surface area contributed by atoms with Gasteiger partial charge in [0.05, 0.1) is 18.8 Å². The van der Waals surface area contributed by atoms with Gasteiger partial charge in [0.2, 0.25) is 5.91 Å². The van der Waals surface area contributed by atoms with E-state index in [-0.39, 0.29) is 12.5 Å². The van der Waals surface area contributed by atoms with E-state index in [1.165, 1.54) is 334 Å². The van der Waals surface area contributed by atoms with Gasteiger partial charge >= 0.3 is 0 Å². The Hall–Kier alpha value is -2.17. The van der Waals surface area contributed by atoms with Crippen molar-refractivity contribution in [2.24, 2.45) is 0 Å². The van der Waals surface area contributed by atoms with Crippen LogP contribution in [0.5, 0.6) is 0 Å². The normalized spacial score (nSPS) is 13.0. The summed E-state index contributed by atoms with van der Waals surface area (Å²) in [4.78, 5) is 12.6. The maximum absolute atomic E-state index is 12.6. The Morgan fingerprint density at radius 2 is 0.524 bits per heavy atom. The number of aliphatic hydroxyl groups excluding tert-OH is 2. The van der Waals surface area contributed by atoms with Crippen molar-refractivity contribution in [3.8, 4) is 0 Å². The number of rotatable bonds is 71. The number of hydrogen-bond acceptors (Lipinski definition) is 3. The molecule has 0 aromatic carbocycles. The highest BCUT2D eigenvalue weighted by atomic mass is 16.3. The first-order valence-electron chi connectivity index (χ1n) is 38.2. The van der Waals surface area contributed by atoms with Crippen molar-refractivity contribution >= 4 is 5.91 Å². The van der Waals surface area contributed by atoms with Gasteiger partial charge in [0.25, 0.3) is 0 Å². The van der Waals surface area contributed by atoms with E-state index in [0.717, 1.165) is 57.8 Å². The van der Waals surface area contributed by atoms with Crippen molar-refractivity contribution in [2.75, 3.05) is 6.61 Å². The van der Waals surface area contributed by atoms with Gasteiger partial charge in [-0.25, -0.2) is 0 Å². The van der Waals surface area contributed by atoms with Crippen molar-refractivity contribution in [2.45, 2.75) is 424 Å². The average molecular weight is 1170 g/mol. The van der Waals surface area contributed by atoms with Crippen LogP contribution in [0.25, 0.3) is 0 Å². The molecule has 2 unspecified atom stereocenters. The number of aliphatic hydroxyl groups is 2. The highest BCUT2D eigenvalue weighted by Gasteiger charge is 2.18. The lowest BCUT2D eigenvalue weighted by Crippen LogP contribution is -2.45. The highest BCUT2D eigenvalue weighted by Crippen LogP contribution is 2.20. The zero-order valence-corrected chi connectivity index (χ0v) is 56.9. The van der Waals surface area contributed by atoms with E-state index in [4.69, 9.17) is 0 Å². The molecule has 4 nitrogen and oxygen atoms in total. The van der Waals surface area contributed by atoms with Crippen LogP contribution < -0.4 is 5.32 Å². The summed E-state index contributed by atoms with van der Waals surface area (Å²) in [5, 5.41) is 23.4. The average Bonchev–Trinajstić information content (AvgIpc) is 3.51. The smallest absolute Gasteiger partial charge is 0.220 e. The minimum Gasteiger partial charge on any atom is -0.394 e. The molecule has 0 bridgehead atoms. The zero-order chi connectivity index (χ0) is 60.5. The Morgan fingerprint density at radius 1 is 0.298 bits per heavy atom. The third kappa shape index (κ3) is 70.6. The number of nitrogens with one attached hydrogen (secondary N) is 1. The third-order valence-electron chi connectivity index (χ3n) is 17.7. The van der Waals surface area contributed by atoms with E-state index < -0.39 is 12.1 Å². The molecule has 4 heteroatoms. The van der Waals surface area contributed by atoms with Crippen LogP contribution in [0, 0.1) is 0 Å². The van der Waals surface area contributed by atoms with E-state index in [2.05, 4.69) is 79.9 Å². The van der Waals surface area contributed by atoms with Gasteiger partial charge < -0.3 is 15.5 Å². The van der Waals surface area contributed by atoms with Crippen LogP contribution in [0.15, 0.2) is 72.9 Å². The molecule has 0 saturated carbocycles. The molecule has 0 aliphatic heterocycles. The van der Waals surface area contributed by atoms with Gasteiger partial charge in [0.15, 0.2) is 0 Å². The molecule has 1 amide bonds. The van der Waals surface area contributed by atoms with E-state index >= 15 is 0 Å². The van der Waals surface area contributed by atoms with Gasteiger partial charge in [0, 0.05) is 6.42 Å². The van der Waals surface area contributed by atoms with Crippen LogP contribution in [0.2, 0.25) is 0 Å². The topological polar surface area (TPSA) is 69.6 Å². The lowest BCUT2D eigenvalue weighted by molar-refractivity contribution is -0.123. The number of carbonyl (C=O) groups excluding carboxylic acids is 1. The standard InChI is InChI=1S/C80H149NO3/c1-3-5-7-9-11-13-15-17-19-21-23-25-27-29-31-33-35-36-37-38-39-40-41-42-43-44-46-48-50-52-54-56-58-60-62-64-66-68-70-72-74-76-80(84)81-78(77-82)79(83)75-73-71-69-67-65-63-61-59-57-55-53-51-49-47-45-34-32-30-28-26-24-22-20-18-16-14-12-10-8-6-4-2/h5,7,11,13,17,19,23,25,29,31,73,75,78-79,82-83H,3-4,6,8-10,12,14-16,18,20-22,24,26-28,30,32-72,74,76-77H2,1-2H3,(H,81,84)/b7-5-,13-11-,19-17-,25-23-,31-29-,75-73+. The van der Waals surface area contributed by atoms with E-state index in [0.29, 0.717) is 6.42 Å². The second-order valence-electron chi connectivity index (χ2n) is 26.0. The fourth-order valence-corrected chi connectivity index (χ4v) is 12.0. The Bertz CT molecular complexity index is 1420. The minimum atomic E-state index is -0.841. The second kappa shape index (κ2) is 75.1. The first-order chi connectivity index (χ1) is 41.7. The Labute approximate surface area is 527 Å². The van der Waals surface area contributed by atoms with E-state index in [1.54, 1.807) is 6.08 Å². The first kappa shape index (κ1) is 81.8. The number of unbranched alkanes of at least 4 members (excludes halogenated alkanes) is 54. The maximum Gasteiger partial charge on any atom is 0.220 e. The molecule has 0 aliphatic rings. The molecule has 0 fully saturated rings. The summed E-state index contributed by atoms with van der Waals surface area (Å²) in [6, 6.07) is -0.624. The van der Waals surface area contributed by atoms with E-state index in [1.807, 2.05) is 6.08 Å². The van der Waals surface area contributed by atoms with Gasteiger partial charge in [-0.3, -0.25) is 4.79 Å². The molecule has 0 heterocycles. The summed E-state index contributed by atoms with van der Waals surface area (Å²) in [7, 11) is 0. The molecule has 0 saturated heterocycles. The molecule has 0 aromatic heterocycles. The van der Waals surface area contributed by atoms with Crippen LogP contribution >= 0.6 is 0 Å². The molecule has 84 heavy (non-hydrogen) atoms. The van der Waals surface area contributed by atoms with Crippen molar-refractivity contribution in [1.82, 2.24) is 5.32 Å². The van der Waals surface area contributed by atoms with Crippen LogP contribution in [0.4, 0.5) is 0 Å². The van der Waals surface area contributed by atoms with E-state index in [9.17, 15) is 15.0 Å². The summed E-state index contributed by atoms with van der Waals surface area (Å²) < 4.78 is 0. The summed E-state index contributed by atoms with van der Waals surface area (Å²) >= 11 is 0. The van der Waals surface area contributed by atoms with Crippen LogP contribution in [-0.2, 0) is 4.79 Å². The van der Waals surface area contributed by atoms with Gasteiger partial charge in [-0.1, -0.05) is 414 Å². The zero-order valence-electron chi connectivity index (χ0n) is 56.9. The molecule has 2 atom stereocenters. The van der Waals surface area contributed by atoms with Crippen LogP contribution in [0.3, 0.4) is 0 Å². The number of hydrogen-bond donors (Lipinski definition) is 3. The van der Waals surface area contributed by atoms with Crippen molar-refractivity contribution in [1.29, 1.82) is 0 Å². The molecule has 0 aromatic rings. The molecular formula is C80H149NO3. The number of allylic oxidation sites excluding steroid dienone is 11. The Balaban J connectivity index is 3.41. The lowest BCUT2D eigenvalue weighted by Gasteiger charge is -2.20. The van der Waals surface area contributed by atoms with Crippen LogP contribution in [-0.4, -0.2) is 34.9 Å². The third-order valence-corrected chi connectivity index (χ3v) is 17.7. The first-order valence-corrected chi connectivity index (χ1v) is 38.2. The van der Waals surface area contributed by atoms with Gasteiger partial charge in [0.1, 0.15) is 0 Å². The molecule has 0 rings (SSSR count). The molecular weight excluding hydrogens is 1020 g/mol. The monoisotopic (exact) mass is 1170 g/mol. The highest BCUT2D eigenvalue weighted by molar-refractivity contribution is 5.76. The SMILES string of the molecule is CC/C=C\C/C=C\C/C=C\C/C=C\C/C=C\CCCCCCCCCCCCCCCCCCCCCCCCCCCC(=O)NC(CO)C(O)/C=C/CCCCCCCCCCCCCCCCCCCCCCCCCCCCCCC. The fraction of sp³-hybridized carbons (Fsp3) is 0.838. The summed E-state index contributed by atoms with van der Waals surface area (Å²) in [6.07, 6.45) is 109. The predicted molar refractivity (Wildman–Crippen MR) is 377 cm³/mol. The molecule has 3 N–H and O–H groups in total. The maximum atomic E-state index is 12.6. The quantitative estimate of drug-likeness (QED) is 0.0420. The number of carbonyl (C=O) groups is 1. The van der Waals surface area contributed by atoms with Crippen molar-refractivity contribution in [3.05, 3.63) is 72.9 Å². The molecule has 0 radical (unpaired) electrons. The molecule has 0 aliphatic carbocycles. The van der Waals surface area contributed by atoms with Crippen LogP contribution in [0.1, 0.15) is 412 Å². The van der Waals surface area contributed by atoms with Gasteiger partial charge in [-0.05, 0) is 64.2 Å². The minimum absolute atomic E-state index is 0.0559. The van der Waals surface area contributed by atoms with Gasteiger partial charge in [-0.2, -0.15) is 0 Å². The fourth-order valence-electron chi connectivity index (χ4n) is 12.0. The number of amides is 1.